The first-order chi connectivity index (χ1) is 9.03. The van der Waals surface area contributed by atoms with Gasteiger partial charge in [-0.3, -0.25) is 0 Å². The number of hydrogen-bond acceptors (Lipinski definition) is 4. The molecule has 4 heteroatoms. The van der Waals surface area contributed by atoms with Gasteiger partial charge in [0.2, 0.25) is 5.88 Å². The van der Waals surface area contributed by atoms with E-state index >= 15 is 0 Å². The van der Waals surface area contributed by atoms with Crippen molar-refractivity contribution in [3.05, 3.63) is 23.9 Å². The van der Waals surface area contributed by atoms with Gasteiger partial charge in [-0.15, -0.1) is 0 Å². The minimum Gasteiger partial charge on any atom is -0.477 e. The highest BCUT2D eigenvalue weighted by molar-refractivity contribution is 5.17. The number of nitrogens with one attached hydrogen (secondary N) is 1. The molecule has 1 aliphatic heterocycles. The van der Waals surface area contributed by atoms with E-state index in [4.69, 9.17) is 9.47 Å². The fraction of sp³-hybridized carbons (Fsp3) is 0.667. The Bertz CT molecular complexity index is 378. The predicted octanol–water partition coefficient (Wildman–Crippen LogP) is 2.39. The van der Waals surface area contributed by atoms with Gasteiger partial charge in [0, 0.05) is 36.9 Å². The third kappa shape index (κ3) is 5.17. The Morgan fingerprint density at radius 2 is 2.26 bits per heavy atom. The van der Waals surface area contributed by atoms with Crippen LogP contribution >= 0.6 is 0 Å². The molecular weight excluding hydrogens is 240 g/mol. The topological polar surface area (TPSA) is 43.4 Å². The molecule has 0 aliphatic carbocycles. The maximum Gasteiger partial charge on any atom is 0.213 e. The van der Waals surface area contributed by atoms with Crippen LogP contribution in [-0.4, -0.2) is 30.3 Å². The van der Waals surface area contributed by atoms with E-state index in [1.807, 2.05) is 12.3 Å². The minimum absolute atomic E-state index is 0.123. The van der Waals surface area contributed by atoms with Gasteiger partial charge in [-0.25, -0.2) is 4.98 Å². The van der Waals surface area contributed by atoms with E-state index in [0.29, 0.717) is 18.4 Å². The number of nitrogens with zero attached hydrogens (tertiary/aromatic N) is 1. The summed E-state index contributed by atoms with van der Waals surface area (Å²) in [7, 11) is 0. The van der Waals surface area contributed by atoms with Gasteiger partial charge in [0.1, 0.15) is 0 Å². The molecule has 0 saturated carbocycles. The lowest BCUT2D eigenvalue weighted by Crippen LogP contribution is -2.35. The summed E-state index contributed by atoms with van der Waals surface area (Å²) < 4.78 is 11.0. The molecule has 1 aliphatic rings. The first kappa shape index (κ1) is 14.3. The summed E-state index contributed by atoms with van der Waals surface area (Å²) in [6, 6.07) is 4.00. The summed E-state index contributed by atoms with van der Waals surface area (Å²) in [6.45, 7) is 9.66. The molecule has 2 heterocycles. The van der Waals surface area contributed by atoms with Crippen molar-refractivity contribution in [2.75, 3.05) is 19.8 Å². The van der Waals surface area contributed by atoms with Crippen molar-refractivity contribution in [3.8, 4) is 5.88 Å². The lowest BCUT2D eigenvalue weighted by Gasteiger charge is -2.20. The standard InChI is InChI=1S/C15H24N2O2/c1-15(2,3)17-9-12-4-5-14(16-8-12)19-11-13-6-7-18-10-13/h4-5,8,13,17H,6-7,9-11H2,1-3H3. The molecule has 1 fully saturated rings. The number of pyridine rings is 1. The van der Waals surface area contributed by atoms with Crippen molar-refractivity contribution < 1.29 is 9.47 Å². The van der Waals surface area contributed by atoms with Crippen LogP contribution in [0.2, 0.25) is 0 Å². The van der Waals surface area contributed by atoms with Gasteiger partial charge in [-0.2, -0.15) is 0 Å². The van der Waals surface area contributed by atoms with Crippen LogP contribution in [0.25, 0.3) is 0 Å². The zero-order chi connectivity index (χ0) is 13.7. The van der Waals surface area contributed by atoms with Gasteiger partial charge in [0.05, 0.1) is 13.2 Å². The maximum atomic E-state index is 5.68. The van der Waals surface area contributed by atoms with E-state index in [9.17, 15) is 0 Å². The first-order valence-electron chi connectivity index (χ1n) is 6.93. The second-order valence-electron chi connectivity index (χ2n) is 6.15. The van der Waals surface area contributed by atoms with Gasteiger partial charge in [-0.05, 0) is 32.8 Å². The fourth-order valence-corrected chi connectivity index (χ4v) is 1.89. The molecule has 1 atom stereocenters. The molecule has 0 aromatic carbocycles. The largest absolute Gasteiger partial charge is 0.477 e. The van der Waals surface area contributed by atoms with E-state index in [1.54, 1.807) is 0 Å². The average molecular weight is 264 g/mol. The van der Waals surface area contributed by atoms with Crippen molar-refractivity contribution >= 4 is 0 Å². The lowest BCUT2D eigenvalue weighted by molar-refractivity contribution is 0.165. The third-order valence-electron chi connectivity index (χ3n) is 3.11. The molecule has 0 amide bonds. The molecule has 0 radical (unpaired) electrons. The van der Waals surface area contributed by atoms with Gasteiger partial charge < -0.3 is 14.8 Å². The first-order valence-corrected chi connectivity index (χ1v) is 6.93. The Balaban J connectivity index is 1.77. The average Bonchev–Trinajstić information content (AvgIpc) is 2.87. The zero-order valence-electron chi connectivity index (χ0n) is 12.1. The molecule has 1 unspecified atom stereocenters. The monoisotopic (exact) mass is 264 g/mol. The Morgan fingerprint density at radius 1 is 1.42 bits per heavy atom. The van der Waals surface area contributed by atoms with Gasteiger partial charge in [-0.1, -0.05) is 6.07 Å². The van der Waals surface area contributed by atoms with Crippen molar-refractivity contribution in [1.29, 1.82) is 0 Å². The van der Waals surface area contributed by atoms with Crippen LogP contribution in [-0.2, 0) is 11.3 Å². The van der Waals surface area contributed by atoms with Crippen LogP contribution < -0.4 is 10.1 Å². The molecule has 2 rings (SSSR count). The van der Waals surface area contributed by atoms with Crippen LogP contribution in [0, 0.1) is 5.92 Å². The van der Waals surface area contributed by atoms with Crippen molar-refractivity contribution in [1.82, 2.24) is 10.3 Å². The Hall–Kier alpha value is -1.13. The molecule has 106 valence electrons. The molecule has 1 aromatic rings. The van der Waals surface area contributed by atoms with Gasteiger partial charge in [0.15, 0.2) is 0 Å². The molecular formula is C15H24N2O2. The quantitative estimate of drug-likeness (QED) is 0.887. The van der Waals surface area contributed by atoms with E-state index < -0.39 is 0 Å². The number of ether oxygens (including phenoxy) is 2. The lowest BCUT2D eigenvalue weighted by atomic mass is 10.1. The number of rotatable bonds is 5. The summed E-state index contributed by atoms with van der Waals surface area (Å²) in [5, 5.41) is 3.44. The van der Waals surface area contributed by atoms with Crippen molar-refractivity contribution in [3.63, 3.8) is 0 Å². The normalized spacial score (nSPS) is 19.6. The van der Waals surface area contributed by atoms with E-state index in [-0.39, 0.29) is 5.54 Å². The van der Waals surface area contributed by atoms with Gasteiger partial charge >= 0.3 is 0 Å². The second-order valence-corrected chi connectivity index (χ2v) is 6.15. The van der Waals surface area contributed by atoms with E-state index in [2.05, 4.69) is 37.1 Å². The summed E-state index contributed by atoms with van der Waals surface area (Å²) in [5.74, 6) is 1.22. The molecule has 4 nitrogen and oxygen atoms in total. The van der Waals surface area contributed by atoms with Crippen LogP contribution in [0.4, 0.5) is 0 Å². The second kappa shape index (κ2) is 6.35. The van der Waals surface area contributed by atoms with Crippen LogP contribution in [0.3, 0.4) is 0 Å². The highest BCUT2D eigenvalue weighted by atomic mass is 16.5. The molecule has 0 bridgehead atoms. The van der Waals surface area contributed by atoms with E-state index in [0.717, 1.165) is 26.2 Å². The zero-order valence-corrected chi connectivity index (χ0v) is 12.1. The van der Waals surface area contributed by atoms with Crippen LogP contribution in [0.5, 0.6) is 5.88 Å². The van der Waals surface area contributed by atoms with Crippen molar-refractivity contribution in [2.45, 2.75) is 39.3 Å². The van der Waals surface area contributed by atoms with Crippen molar-refractivity contribution in [2.24, 2.45) is 5.92 Å². The summed E-state index contributed by atoms with van der Waals surface area (Å²) in [6.07, 6.45) is 2.97. The Morgan fingerprint density at radius 3 is 2.84 bits per heavy atom. The van der Waals surface area contributed by atoms with Crippen LogP contribution in [0.15, 0.2) is 18.3 Å². The highest BCUT2D eigenvalue weighted by Crippen LogP contribution is 2.15. The predicted molar refractivity (Wildman–Crippen MR) is 75.3 cm³/mol. The van der Waals surface area contributed by atoms with Gasteiger partial charge in [0.25, 0.3) is 0 Å². The van der Waals surface area contributed by atoms with Crippen LogP contribution in [0.1, 0.15) is 32.8 Å². The molecule has 1 N–H and O–H groups in total. The Kier molecular flexibility index (Phi) is 4.77. The molecule has 1 saturated heterocycles. The van der Waals surface area contributed by atoms with E-state index in [1.165, 1.54) is 5.56 Å². The Labute approximate surface area is 115 Å². The smallest absolute Gasteiger partial charge is 0.213 e. The molecule has 19 heavy (non-hydrogen) atoms. The fourth-order valence-electron chi connectivity index (χ4n) is 1.89. The summed E-state index contributed by atoms with van der Waals surface area (Å²) in [4.78, 5) is 4.34. The minimum atomic E-state index is 0.123. The number of hydrogen-bond donors (Lipinski definition) is 1. The number of aromatic nitrogens is 1. The summed E-state index contributed by atoms with van der Waals surface area (Å²) >= 11 is 0. The summed E-state index contributed by atoms with van der Waals surface area (Å²) in [5.41, 5.74) is 1.30. The molecule has 1 aromatic heterocycles. The third-order valence-corrected chi connectivity index (χ3v) is 3.11. The maximum absolute atomic E-state index is 5.68. The highest BCUT2D eigenvalue weighted by Gasteiger charge is 2.16. The molecule has 0 spiro atoms. The SMILES string of the molecule is CC(C)(C)NCc1ccc(OCC2CCOC2)nc1.